The maximum Gasteiger partial charge on any atom is 0.0897 e. The van der Waals surface area contributed by atoms with Crippen LogP contribution in [0.25, 0.3) is 0 Å². The van der Waals surface area contributed by atoms with Crippen molar-refractivity contribution in [3.05, 3.63) is 16.1 Å². The lowest BCUT2D eigenvalue weighted by atomic mass is 10.2. The van der Waals surface area contributed by atoms with Crippen molar-refractivity contribution in [1.29, 1.82) is 0 Å². The van der Waals surface area contributed by atoms with E-state index in [1.807, 2.05) is 6.20 Å². The van der Waals surface area contributed by atoms with Gasteiger partial charge in [0, 0.05) is 17.1 Å². The lowest BCUT2D eigenvalue weighted by molar-refractivity contribution is 0.549. The fraction of sp³-hybridized carbons (Fsp3) is 0.727. The van der Waals surface area contributed by atoms with Crippen molar-refractivity contribution in [2.45, 2.75) is 46.1 Å². The summed E-state index contributed by atoms with van der Waals surface area (Å²) in [5.74, 6) is 0. The molecule has 14 heavy (non-hydrogen) atoms. The Balaban J connectivity index is 2.25. The molecule has 1 atom stereocenters. The molecule has 80 valence electrons. The quantitative estimate of drug-likeness (QED) is 0.732. The molecule has 1 rings (SSSR count). The summed E-state index contributed by atoms with van der Waals surface area (Å²) in [6.07, 6.45) is 5.87. The second kappa shape index (κ2) is 6.14. The molecule has 0 saturated carbocycles. The zero-order valence-electron chi connectivity index (χ0n) is 9.34. The van der Waals surface area contributed by atoms with Gasteiger partial charge in [-0.2, -0.15) is 0 Å². The molecule has 0 amide bonds. The Hall–Kier alpha value is -0.410. The number of hydrogen-bond donors (Lipinski definition) is 1. The molecule has 0 bridgehead atoms. The van der Waals surface area contributed by atoms with E-state index >= 15 is 0 Å². The molecule has 0 aliphatic carbocycles. The van der Waals surface area contributed by atoms with E-state index in [1.54, 1.807) is 11.3 Å². The molecule has 3 heteroatoms. The molecule has 0 aromatic carbocycles. The predicted molar refractivity (Wildman–Crippen MR) is 62.8 cm³/mol. The van der Waals surface area contributed by atoms with Gasteiger partial charge in [-0.3, -0.25) is 0 Å². The van der Waals surface area contributed by atoms with Crippen molar-refractivity contribution in [2.24, 2.45) is 0 Å². The lowest BCUT2D eigenvalue weighted by Gasteiger charge is -2.10. The number of thiazole rings is 1. The van der Waals surface area contributed by atoms with E-state index in [0.29, 0.717) is 6.04 Å². The van der Waals surface area contributed by atoms with Gasteiger partial charge in [0.15, 0.2) is 0 Å². The fourth-order valence-electron chi connectivity index (χ4n) is 1.37. The summed E-state index contributed by atoms with van der Waals surface area (Å²) >= 11 is 1.79. The van der Waals surface area contributed by atoms with Crippen molar-refractivity contribution in [2.75, 3.05) is 6.54 Å². The molecule has 0 aliphatic rings. The highest BCUT2D eigenvalue weighted by Gasteiger charge is 2.06. The van der Waals surface area contributed by atoms with Gasteiger partial charge in [-0.15, -0.1) is 11.3 Å². The zero-order chi connectivity index (χ0) is 10.4. The monoisotopic (exact) mass is 212 g/mol. The summed E-state index contributed by atoms with van der Waals surface area (Å²) in [6, 6.07) is 0.457. The van der Waals surface area contributed by atoms with Gasteiger partial charge in [-0.05, 0) is 26.8 Å². The summed E-state index contributed by atoms with van der Waals surface area (Å²) in [4.78, 5) is 5.61. The molecule has 1 aromatic rings. The van der Waals surface area contributed by atoms with Crippen LogP contribution in [-0.2, 0) is 0 Å². The van der Waals surface area contributed by atoms with Crippen LogP contribution in [0.2, 0.25) is 0 Å². The molecule has 1 aromatic heterocycles. The summed E-state index contributed by atoms with van der Waals surface area (Å²) in [7, 11) is 0. The Morgan fingerprint density at radius 3 is 2.86 bits per heavy atom. The van der Waals surface area contributed by atoms with Crippen molar-refractivity contribution >= 4 is 11.3 Å². The first kappa shape index (κ1) is 11.7. The number of hydrogen-bond acceptors (Lipinski definition) is 3. The topological polar surface area (TPSA) is 24.9 Å². The van der Waals surface area contributed by atoms with Gasteiger partial charge >= 0.3 is 0 Å². The molecular formula is C11H20N2S. The van der Waals surface area contributed by atoms with E-state index in [0.717, 1.165) is 11.6 Å². The highest BCUT2D eigenvalue weighted by Crippen LogP contribution is 2.19. The van der Waals surface area contributed by atoms with Gasteiger partial charge in [0.2, 0.25) is 0 Å². The normalized spacial score (nSPS) is 13.1. The minimum Gasteiger partial charge on any atom is -0.309 e. The Labute approximate surface area is 90.8 Å². The number of unbranched alkanes of at least 4 members (excludes halogenated alkanes) is 2. The third kappa shape index (κ3) is 3.76. The van der Waals surface area contributed by atoms with E-state index < -0.39 is 0 Å². The molecule has 1 N–H and O–H groups in total. The van der Waals surface area contributed by atoms with Gasteiger partial charge in [0.25, 0.3) is 0 Å². The SMILES string of the molecule is CCCCCNC(C)c1cnc(C)s1. The Bertz CT molecular complexity index is 258. The third-order valence-corrected chi connectivity index (χ3v) is 3.39. The van der Waals surface area contributed by atoms with Crippen LogP contribution in [0.3, 0.4) is 0 Å². The molecular weight excluding hydrogens is 192 g/mol. The number of aromatic nitrogens is 1. The van der Waals surface area contributed by atoms with E-state index in [2.05, 4.69) is 31.1 Å². The van der Waals surface area contributed by atoms with E-state index in [-0.39, 0.29) is 0 Å². The van der Waals surface area contributed by atoms with Gasteiger partial charge < -0.3 is 5.32 Å². The maximum absolute atomic E-state index is 4.26. The summed E-state index contributed by atoms with van der Waals surface area (Å²) in [5.41, 5.74) is 0. The Morgan fingerprint density at radius 1 is 1.50 bits per heavy atom. The van der Waals surface area contributed by atoms with Gasteiger partial charge in [-0.25, -0.2) is 4.98 Å². The highest BCUT2D eigenvalue weighted by molar-refractivity contribution is 7.11. The van der Waals surface area contributed by atoms with Crippen molar-refractivity contribution in [3.63, 3.8) is 0 Å². The largest absolute Gasteiger partial charge is 0.309 e. The van der Waals surface area contributed by atoms with Crippen molar-refractivity contribution in [1.82, 2.24) is 10.3 Å². The van der Waals surface area contributed by atoms with E-state index in [9.17, 15) is 0 Å². The lowest BCUT2D eigenvalue weighted by Crippen LogP contribution is -2.18. The molecule has 1 unspecified atom stereocenters. The zero-order valence-corrected chi connectivity index (χ0v) is 10.2. The van der Waals surface area contributed by atoms with Gasteiger partial charge in [0.1, 0.15) is 0 Å². The van der Waals surface area contributed by atoms with Gasteiger partial charge in [0.05, 0.1) is 5.01 Å². The second-order valence-electron chi connectivity index (χ2n) is 3.66. The van der Waals surface area contributed by atoms with Crippen LogP contribution in [0.15, 0.2) is 6.20 Å². The summed E-state index contributed by atoms with van der Waals surface area (Å²) in [6.45, 7) is 7.61. The maximum atomic E-state index is 4.26. The van der Waals surface area contributed by atoms with Crippen molar-refractivity contribution < 1.29 is 0 Å². The molecule has 0 saturated heterocycles. The number of nitrogens with one attached hydrogen (secondary N) is 1. The summed E-state index contributed by atoms with van der Waals surface area (Å²) in [5, 5.41) is 4.67. The van der Waals surface area contributed by atoms with Crippen LogP contribution in [0, 0.1) is 6.92 Å². The average molecular weight is 212 g/mol. The highest BCUT2D eigenvalue weighted by atomic mass is 32.1. The van der Waals surface area contributed by atoms with E-state index in [4.69, 9.17) is 0 Å². The first-order valence-electron chi connectivity index (χ1n) is 5.39. The van der Waals surface area contributed by atoms with E-state index in [1.165, 1.54) is 24.1 Å². The van der Waals surface area contributed by atoms with Crippen LogP contribution in [-0.4, -0.2) is 11.5 Å². The number of nitrogens with zero attached hydrogens (tertiary/aromatic N) is 1. The minimum atomic E-state index is 0.457. The summed E-state index contributed by atoms with van der Waals surface area (Å²) < 4.78 is 0. The first-order valence-corrected chi connectivity index (χ1v) is 6.21. The smallest absolute Gasteiger partial charge is 0.0897 e. The predicted octanol–water partition coefficient (Wildman–Crippen LogP) is 3.29. The standard InChI is InChI=1S/C11H20N2S/c1-4-5-6-7-12-9(2)11-8-13-10(3)14-11/h8-9,12H,4-7H2,1-3H3. The van der Waals surface area contributed by atoms with Crippen LogP contribution in [0.5, 0.6) is 0 Å². The van der Waals surface area contributed by atoms with Crippen LogP contribution in [0.1, 0.15) is 49.0 Å². The van der Waals surface area contributed by atoms with Crippen LogP contribution < -0.4 is 5.32 Å². The second-order valence-corrected chi connectivity index (χ2v) is 4.93. The van der Waals surface area contributed by atoms with Gasteiger partial charge in [-0.1, -0.05) is 19.8 Å². The first-order chi connectivity index (χ1) is 6.74. The number of aryl methyl sites for hydroxylation is 1. The molecule has 0 spiro atoms. The molecule has 2 nitrogen and oxygen atoms in total. The minimum absolute atomic E-state index is 0.457. The van der Waals surface area contributed by atoms with Crippen molar-refractivity contribution in [3.8, 4) is 0 Å². The molecule has 0 aliphatic heterocycles. The molecule has 0 radical (unpaired) electrons. The third-order valence-electron chi connectivity index (χ3n) is 2.30. The Kier molecular flexibility index (Phi) is 5.12. The fourth-order valence-corrected chi connectivity index (χ4v) is 2.18. The van der Waals surface area contributed by atoms with Crippen LogP contribution >= 0.6 is 11.3 Å². The average Bonchev–Trinajstić information content (AvgIpc) is 2.59. The molecule has 0 fully saturated rings. The number of rotatable bonds is 6. The molecule has 1 heterocycles. The van der Waals surface area contributed by atoms with Crippen LogP contribution in [0.4, 0.5) is 0 Å². The Morgan fingerprint density at radius 2 is 2.29 bits per heavy atom.